The minimum Gasteiger partial charge on any atom is -0.474 e. The molecule has 0 aliphatic carbocycles. The van der Waals surface area contributed by atoms with Crippen LogP contribution in [0.5, 0.6) is 5.88 Å². The molecule has 0 bridgehead atoms. The van der Waals surface area contributed by atoms with E-state index < -0.39 is 0 Å². The first-order valence-electron chi connectivity index (χ1n) is 6.18. The van der Waals surface area contributed by atoms with Crippen molar-refractivity contribution in [1.29, 1.82) is 0 Å². The lowest BCUT2D eigenvalue weighted by atomic mass is 10.2. The Labute approximate surface area is 120 Å². The molecule has 2 aromatic rings. The Morgan fingerprint density at radius 2 is 2.30 bits per heavy atom. The number of halogens is 1. The molecule has 0 atom stereocenters. The Balaban J connectivity index is 2.02. The Bertz CT molecular complexity index is 683. The number of carbonyl (C=O) groups is 1. The molecule has 0 fully saturated rings. The second kappa shape index (κ2) is 4.79. The molecule has 0 aromatic carbocycles. The van der Waals surface area contributed by atoms with Gasteiger partial charge in [0.1, 0.15) is 12.3 Å². The zero-order chi connectivity index (χ0) is 14.3. The fourth-order valence-corrected chi connectivity index (χ4v) is 2.35. The van der Waals surface area contributed by atoms with Gasteiger partial charge < -0.3 is 4.74 Å². The molecule has 104 valence electrons. The molecule has 3 heterocycles. The monoisotopic (exact) mass is 292 g/mol. The average Bonchev–Trinajstić information content (AvgIpc) is 2.73. The van der Waals surface area contributed by atoms with Crippen molar-refractivity contribution in [2.24, 2.45) is 7.05 Å². The number of ether oxygens (including phenoxy) is 1. The molecule has 1 aliphatic rings. The highest BCUT2D eigenvalue weighted by atomic mass is 35.5. The zero-order valence-electron chi connectivity index (χ0n) is 11.1. The van der Waals surface area contributed by atoms with Crippen LogP contribution in [0, 0.1) is 6.92 Å². The summed E-state index contributed by atoms with van der Waals surface area (Å²) in [5, 5.41) is 4.57. The summed E-state index contributed by atoms with van der Waals surface area (Å²) in [5.41, 5.74) is 1.65. The van der Waals surface area contributed by atoms with Gasteiger partial charge in [0.15, 0.2) is 5.69 Å². The number of nitrogens with zero attached hydrogens (tertiary/aromatic N) is 4. The van der Waals surface area contributed by atoms with Crippen molar-refractivity contribution in [3.8, 4) is 5.88 Å². The van der Waals surface area contributed by atoms with Crippen molar-refractivity contribution in [3.63, 3.8) is 0 Å². The predicted octanol–water partition coefficient (Wildman–Crippen LogP) is 1.82. The molecule has 20 heavy (non-hydrogen) atoms. The fourth-order valence-electron chi connectivity index (χ4n) is 2.11. The minimum absolute atomic E-state index is 0.240. The van der Waals surface area contributed by atoms with E-state index in [-0.39, 0.29) is 11.6 Å². The molecule has 0 N–H and O–H groups in total. The molecule has 0 saturated carbocycles. The summed E-state index contributed by atoms with van der Waals surface area (Å²) in [7, 11) is 1.76. The number of carbonyl (C=O) groups excluding carboxylic acids is 1. The van der Waals surface area contributed by atoms with E-state index in [2.05, 4.69) is 10.1 Å². The second-order valence-electron chi connectivity index (χ2n) is 4.50. The third-order valence-electron chi connectivity index (χ3n) is 3.30. The number of hydrogen-bond donors (Lipinski definition) is 0. The molecule has 0 saturated heterocycles. The molecule has 0 unspecified atom stereocenters. The number of aromatic nitrogens is 3. The largest absolute Gasteiger partial charge is 0.474 e. The van der Waals surface area contributed by atoms with E-state index in [1.54, 1.807) is 35.0 Å². The van der Waals surface area contributed by atoms with Crippen LogP contribution < -0.4 is 9.64 Å². The molecule has 3 rings (SSSR count). The van der Waals surface area contributed by atoms with E-state index in [9.17, 15) is 4.79 Å². The number of rotatable bonds is 1. The standard InChI is InChI=1S/C13H13ClN4O2/c1-8-10(14)11(16-17(8)2)13(19)18-6-7-20-12-9(18)4-3-5-15-12/h3-5H,6-7H2,1-2H3. The predicted molar refractivity (Wildman–Crippen MR) is 74.4 cm³/mol. The van der Waals surface area contributed by atoms with Gasteiger partial charge in [0.25, 0.3) is 5.91 Å². The van der Waals surface area contributed by atoms with Crippen molar-refractivity contribution in [2.75, 3.05) is 18.1 Å². The van der Waals surface area contributed by atoms with Gasteiger partial charge in [-0.25, -0.2) is 4.98 Å². The molecule has 1 amide bonds. The topological polar surface area (TPSA) is 60.3 Å². The van der Waals surface area contributed by atoms with Gasteiger partial charge in [-0.3, -0.25) is 14.4 Å². The van der Waals surface area contributed by atoms with Crippen LogP contribution in [-0.2, 0) is 7.05 Å². The highest BCUT2D eigenvalue weighted by Crippen LogP contribution is 2.31. The van der Waals surface area contributed by atoms with E-state index in [1.165, 1.54) is 0 Å². The highest BCUT2D eigenvalue weighted by Gasteiger charge is 2.29. The molecule has 7 heteroatoms. The summed E-state index contributed by atoms with van der Waals surface area (Å²) in [5.74, 6) is 0.215. The fraction of sp³-hybridized carbons (Fsp3) is 0.308. The number of pyridine rings is 1. The number of fused-ring (bicyclic) bond motifs is 1. The Kier molecular flexibility index (Phi) is 3.10. The van der Waals surface area contributed by atoms with Crippen LogP contribution in [-0.4, -0.2) is 33.8 Å². The van der Waals surface area contributed by atoms with Crippen LogP contribution in [0.3, 0.4) is 0 Å². The van der Waals surface area contributed by atoms with E-state index in [0.29, 0.717) is 29.7 Å². The summed E-state index contributed by atoms with van der Waals surface area (Å²) < 4.78 is 7.03. The third kappa shape index (κ3) is 1.92. The highest BCUT2D eigenvalue weighted by molar-refractivity contribution is 6.34. The maximum Gasteiger partial charge on any atom is 0.280 e. The summed E-state index contributed by atoms with van der Waals surface area (Å²) in [4.78, 5) is 18.3. The zero-order valence-corrected chi connectivity index (χ0v) is 11.9. The minimum atomic E-state index is -0.240. The van der Waals surface area contributed by atoms with Gasteiger partial charge in [-0.2, -0.15) is 5.10 Å². The van der Waals surface area contributed by atoms with Crippen molar-refractivity contribution < 1.29 is 9.53 Å². The van der Waals surface area contributed by atoms with E-state index >= 15 is 0 Å². The Morgan fingerprint density at radius 3 is 3.00 bits per heavy atom. The Hall–Kier alpha value is -2.08. The summed E-state index contributed by atoms with van der Waals surface area (Å²) in [6.07, 6.45) is 1.63. The van der Waals surface area contributed by atoms with Crippen LogP contribution in [0.1, 0.15) is 16.2 Å². The Morgan fingerprint density at radius 1 is 1.50 bits per heavy atom. The molecular formula is C13H13ClN4O2. The van der Waals surface area contributed by atoms with E-state index in [0.717, 1.165) is 5.69 Å². The molecule has 0 radical (unpaired) electrons. The van der Waals surface area contributed by atoms with Crippen LogP contribution >= 0.6 is 11.6 Å². The first kappa shape index (κ1) is 12.9. The van der Waals surface area contributed by atoms with Crippen LogP contribution in [0.4, 0.5) is 5.69 Å². The summed E-state index contributed by atoms with van der Waals surface area (Å²) in [6, 6.07) is 3.56. The lowest BCUT2D eigenvalue weighted by Crippen LogP contribution is -2.38. The second-order valence-corrected chi connectivity index (χ2v) is 4.88. The van der Waals surface area contributed by atoms with Crippen molar-refractivity contribution in [2.45, 2.75) is 6.92 Å². The van der Waals surface area contributed by atoms with E-state index in [1.807, 2.05) is 6.92 Å². The van der Waals surface area contributed by atoms with Gasteiger partial charge in [0, 0.05) is 13.2 Å². The molecule has 0 spiro atoms. The van der Waals surface area contributed by atoms with Gasteiger partial charge >= 0.3 is 0 Å². The maximum absolute atomic E-state index is 12.6. The van der Waals surface area contributed by atoms with Gasteiger partial charge in [-0.15, -0.1) is 0 Å². The van der Waals surface area contributed by atoms with Crippen molar-refractivity contribution in [3.05, 3.63) is 34.7 Å². The number of amides is 1. The van der Waals surface area contributed by atoms with Gasteiger partial charge in [-0.1, -0.05) is 11.6 Å². The van der Waals surface area contributed by atoms with Crippen molar-refractivity contribution in [1.82, 2.24) is 14.8 Å². The number of aryl methyl sites for hydroxylation is 1. The lowest BCUT2D eigenvalue weighted by molar-refractivity contribution is 0.0970. The normalized spacial score (nSPS) is 13.8. The average molecular weight is 293 g/mol. The lowest BCUT2D eigenvalue weighted by Gasteiger charge is -2.27. The third-order valence-corrected chi connectivity index (χ3v) is 3.76. The van der Waals surface area contributed by atoms with E-state index in [4.69, 9.17) is 16.3 Å². The summed E-state index contributed by atoms with van der Waals surface area (Å²) in [6.45, 7) is 2.67. The smallest absolute Gasteiger partial charge is 0.280 e. The van der Waals surface area contributed by atoms with Gasteiger partial charge in [0.2, 0.25) is 5.88 Å². The number of anilines is 1. The summed E-state index contributed by atoms with van der Waals surface area (Å²) >= 11 is 6.18. The van der Waals surface area contributed by atoms with Gasteiger partial charge in [0.05, 0.1) is 17.3 Å². The van der Waals surface area contributed by atoms with Gasteiger partial charge in [-0.05, 0) is 19.1 Å². The SMILES string of the molecule is Cc1c(Cl)c(C(=O)N2CCOc3ncccc32)nn1C. The quantitative estimate of drug-likeness (QED) is 0.804. The first-order valence-corrected chi connectivity index (χ1v) is 6.56. The first-order chi connectivity index (χ1) is 9.59. The van der Waals surface area contributed by atoms with Crippen LogP contribution in [0.15, 0.2) is 18.3 Å². The molecular weight excluding hydrogens is 280 g/mol. The maximum atomic E-state index is 12.6. The molecule has 6 nitrogen and oxygen atoms in total. The van der Waals surface area contributed by atoms with Crippen LogP contribution in [0.25, 0.3) is 0 Å². The molecule has 1 aliphatic heterocycles. The molecule has 2 aromatic heterocycles. The van der Waals surface area contributed by atoms with Crippen molar-refractivity contribution >= 4 is 23.2 Å². The van der Waals surface area contributed by atoms with Crippen LogP contribution in [0.2, 0.25) is 5.02 Å². The number of hydrogen-bond acceptors (Lipinski definition) is 4.